The standard InChI is InChI=1S/C10H17NO3/c12-10(13)6-11(8-3-4-8)9-2-1-5-14-7-9/h8-9H,1-7H2,(H,12,13). The van der Waals surface area contributed by atoms with E-state index in [0.29, 0.717) is 18.7 Å². The van der Waals surface area contributed by atoms with Crippen LogP contribution in [-0.4, -0.2) is 47.8 Å². The number of carbonyl (C=O) groups is 1. The molecule has 2 fully saturated rings. The second-order valence-electron chi connectivity index (χ2n) is 4.17. The van der Waals surface area contributed by atoms with Gasteiger partial charge in [0, 0.05) is 18.7 Å². The normalized spacial score (nSPS) is 27.9. The maximum absolute atomic E-state index is 10.7. The number of hydrogen-bond acceptors (Lipinski definition) is 3. The lowest BCUT2D eigenvalue weighted by molar-refractivity contribution is -0.139. The van der Waals surface area contributed by atoms with Crippen LogP contribution in [0.25, 0.3) is 0 Å². The number of aliphatic carboxylic acids is 1. The highest BCUT2D eigenvalue weighted by Gasteiger charge is 2.35. The second kappa shape index (κ2) is 4.28. The molecule has 1 aliphatic heterocycles. The summed E-state index contributed by atoms with van der Waals surface area (Å²) in [4.78, 5) is 12.8. The average molecular weight is 199 g/mol. The molecule has 1 aliphatic carbocycles. The molecule has 1 saturated heterocycles. The summed E-state index contributed by atoms with van der Waals surface area (Å²) in [7, 11) is 0. The van der Waals surface area contributed by atoms with Crippen LogP contribution in [0.2, 0.25) is 0 Å². The number of rotatable bonds is 4. The Morgan fingerprint density at radius 2 is 2.14 bits per heavy atom. The molecule has 0 spiro atoms. The molecule has 4 nitrogen and oxygen atoms in total. The van der Waals surface area contributed by atoms with E-state index in [4.69, 9.17) is 9.84 Å². The van der Waals surface area contributed by atoms with Crippen molar-refractivity contribution in [2.24, 2.45) is 0 Å². The third-order valence-corrected chi connectivity index (χ3v) is 2.94. The van der Waals surface area contributed by atoms with Gasteiger partial charge >= 0.3 is 5.97 Å². The van der Waals surface area contributed by atoms with E-state index in [1.54, 1.807) is 0 Å². The molecule has 0 aromatic carbocycles. The molecular formula is C10H17NO3. The zero-order valence-electron chi connectivity index (χ0n) is 8.32. The van der Waals surface area contributed by atoms with E-state index >= 15 is 0 Å². The van der Waals surface area contributed by atoms with Crippen molar-refractivity contribution in [2.45, 2.75) is 37.8 Å². The molecule has 0 amide bonds. The van der Waals surface area contributed by atoms with Gasteiger partial charge in [0.05, 0.1) is 13.2 Å². The first-order valence-electron chi connectivity index (χ1n) is 5.32. The average Bonchev–Trinajstić information content (AvgIpc) is 2.99. The van der Waals surface area contributed by atoms with Crippen LogP contribution in [0.5, 0.6) is 0 Å². The highest BCUT2D eigenvalue weighted by atomic mass is 16.5. The Hall–Kier alpha value is -0.610. The van der Waals surface area contributed by atoms with E-state index in [2.05, 4.69) is 4.90 Å². The first kappa shape index (κ1) is 9.93. The number of ether oxygens (including phenoxy) is 1. The number of carboxylic acids is 1. The van der Waals surface area contributed by atoms with E-state index in [1.807, 2.05) is 0 Å². The molecule has 80 valence electrons. The SMILES string of the molecule is O=C(O)CN(C1CC1)C1CCCOC1. The Balaban J connectivity index is 1.90. The number of nitrogens with zero attached hydrogens (tertiary/aromatic N) is 1. The van der Waals surface area contributed by atoms with Crippen molar-refractivity contribution in [2.75, 3.05) is 19.8 Å². The monoisotopic (exact) mass is 199 g/mol. The van der Waals surface area contributed by atoms with Gasteiger partial charge in [-0.15, -0.1) is 0 Å². The fourth-order valence-electron chi connectivity index (χ4n) is 2.10. The molecule has 1 saturated carbocycles. The van der Waals surface area contributed by atoms with Crippen LogP contribution in [0.3, 0.4) is 0 Å². The summed E-state index contributed by atoms with van der Waals surface area (Å²) in [5.74, 6) is -0.720. The predicted molar refractivity (Wildman–Crippen MR) is 51.2 cm³/mol. The predicted octanol–water partition coefficient (Wildman–Crippen LogP) is 0.714. The minimum absolute atomic E-state index is 0.179. The van der Waals surface area contributed by atoms with E-state index < -0.39 is 5.97 Å². The van der Waals surface area contributed by atoms with Gasteiger partial charge in [0.1, 0.15) is 0 Å². The van der Waals surface area contributed by atoms with Crippen molar-refractivity contribution in [1.29, 1.82) is 0 Å². The second-order valence-corrected chi connectivity index (χ2v) is 4.17. The van der Waals surface area contributed by atoms with Gasteiger partial charge in [-0.05, 0) is 25.7 Å². The van der Waals surface area contributed by atoms with Gasteiger partial charge < -0.3 is 9.84 Å². The van der Waals surface area contributed by atoms with Gasteiger partial charge in [-0.1, -0.05) is 0 Å². The largest absolute Gasteiger partial charge is 0.480 e. The van der Waals surface area contributed by atoms with Gasteiger partial charge in [0.15, 0.2) is 0 Å². The Kier molecular flexibility index (Phi) is 3.03. The van der Waals surface area contributed by atoms with Crippen LogP contribution < -0.4 is 0 Å². The summed E-state index contributed by atoms with van der Waals surface area (Å²) >= 11 is 0. The lowest BCUT2D eigenvalue weighted by Gasteiger charge is -2.33. The molecule has 2 rings (SSSR count). The van der Waals surface area contributed by atoms with Crippen molar-refractivity contribution in [1.82, 2.24) is 4.90 Å². The topological polar surface area (TPSA) is 49.8 Å². The van der Waals surface area contributed by atoms with Crippen molar-refractivity contribution < 1.29 is 14.6 Å². The summed E-state index contributed by atoms with van der Waals surface area (Å²) in [5, 5.41) is 8.81. The maximum atomic E-state index is 10.7. The Morgan fingerprint density at radius 3 is 2.64 bits per heavy atom. The number of hydrogen-bond donors (Lipinski definition) is 1. The van der Waals surface area contributed by atoms with Gasteiger partial charge in [0.25, 0.3) is 0 Å². The lowest BCUT2D eigenvalue weighted by Crippen LogP contribution is -2.45. The Labute approximate surface area is 83.8 Å². The smallest absolute Gasteiger partial charge is 0.317 e. The quantitative estimate of drug-likeness (QED) is 0.724. The fraction of sp³-hybridized carbons (Fsp3) is 0.900. The van der Waals surface area contributed by atoms with Crippen LogP contribution in [0.4, 0.5) is 0 Å². The van der Waals surface area contributed by atoms with Crippen LogP contribution in [0, 0.1) is 0 Å². The number of carboxylic acid groups (broad SMARTS) is 1. The van der Waals surface area contributed by atoms with Crippen LogP contribution in [0.15, 0.2) is 0 Å². The zero-order chi connectivity index (χ0) is 9.97. The van der Waals surface area contributed by atoms with Crippen LogP contribution >= 0.6 is 0 Å². The molecular weight excluding hydrogens is 182 g/mol. The van der Waals surface area contributed by atoms with E-state index in [-0.39, 0.29) is 6.54 Å². The van der Waals surface area contributed by atoms with Gasteiger partial charge in [-0.2, -0.15) is 0 Å². The third kappa shape index (κ3) is 2.45. The van der Waals surface area contributed by atoms with Crippen molar-refractivity contribution in [3.63, 3.8) is 0 Å². The first-order valence-corrected chi connectivity index (χ1v) is 5.32. The molecule has 1 N–H and O–H groups in total. The van der Waals surface area contributed by atoms with Crippen molar-refractivity contribution in [3.8, 4) is 0 Å². The van der Waals surface area contributed by atoms with Crippen LogP contribution in [0.1, 0.15) is 25.7 Å². The molecule has 0 bridgehead atoms. The molecule has 2 aliphatic rings. The van der Waals surface area contributed by atoms with E-state index in [9.17, 15) is 4.79 Å². The van der Waals surface area contributed by atoms with Crippen molar-refractivity contribution in [3.05, 3.63) is 0 Å². The first-order chi connectivity index (χ1) is 6.77. The molecule has 1 unspecified atom stereocenters. The highest BCUT2D eigenvalue weighted by Crippen LogP contribution is 2.30. The molecule has 14 heavy (non-hydrogen) atoms. The Morgan fingerprint density at radius 1 is 1.36 bits per heavy atom. The summed E-state index contributed by atoms with van der Waals surface area (Å²) in [6, 6.07) is 0.852. The molecule has 1 heterocycles. The summed E-state index contributed by atoms with van der Waals surface area (Å²) in [6.07, 6.45) is 4.46. The van der Waals surface area contributed by atoms with Gasteiger partial charge in [-0.3, -0.25) is 9.69 Å². The van der Waals surface area contributed by atoms with Crippen molar-refractivity contribution >= 4 is 5.97 Å². The summed E-state index contributed by atoms with van der Waals surface area (Å²) in [6.45, 7) is 1.73. The highest BCUT2D eigenvalue weighted by molar-refractivity contribution is 5.69. The zero-order valence-corrected chi connectivity index (χ0v) is 8.32. The minimum Gasteiger partial charge on any atom is -0.480 e. The van der Waals surface area contributed by atoms with Gasteiger partial charge in [0.2, 0.25) is 0 Å². The van der Waals surface area contributed by atoms with E-state index in [1.165, 1.54) is 0 Å². The van der Waals surface area contributed by atoms with Gasteiger partial charge in [-0.25, -0.2) is 0 Å². The van der Waals surface area contributed by atoms with E-state index in [0.717, 1.165) is 32.3 Å². The third-order valence-electron chi connectivity index (χ3n) is 2.94. The lowest BCUT2D eigenvalue weighted by atomic mass is 10.1. The maximum Gasteiger partial charge on any atom is 0.317 e. The fourth-order valence-corrected chi connectivity index (χ4v) is 2.10. The Bertz CT molecular complexity index is 209. The minimum atomic E-state index is -0.720. The molecule has 1 atom stereocenters. The van der Waals surface area contributed by atoms with Crippen LogP contribution in [-0.2, 0) is 9.53 Å². The summed E-state index contributed by atoms with van der Waals surface area (Å²) in [5.41, 5.74) is 0. The molecule has 4 heteroatoms. The summed E-state index contributed by atoms with van der Waals surface area (Å²) < 4.78 is 5.39. The molecule has 0 aromatic rings. The molecule has 0 radical (unpaired) electrons. The molecule has 0 aromatic heterocycles.